The lowest BCUT2D eigenvalue weighted by Crippen LogP contribution is -2.39. The molecule has 0 saturated carbocycles. The third kappa shape index (κ3) is 4.36. The molecule has 0 unspecified atom stereocenters. The summed E-state index contributed by atoms with van der Waals surface area (Å²) >= 11 is 5.65. The number of hydrogen-bond donors (Lipinski definition) is 2. The second-order valence-electron chi connectivity index (χ2n) is 6.04. The van der Waals surface area contributed by atoms with Crippen LogP contribution in [0.4, 0.5) is 0 Å². The standard InChI is InChI=1S/C15H19ClN6O3/c16-15-18-12(19-20-15)3-4-13(23)21-7-1-2-10(8-21)11-5-6-17-22(11)9-14(24)25/h5-6,10H,1-4,7-9H2,(H,24,25)(H,18,19,20)/t10-/m1/s1. The van der Waals surface area contributed by atoms with Crippen LogP contribution in [-0.4, -0.2) is 59.9 Å². The molecular weight excluding hydrogens is 348 g/mol. The molecule has 0 aromatic carbocycles. The molecular formula is C15H19ClN6O3. The number of amides is 1. The Labute approximate surface area is 149 Å². The summed E-state index contributed by atoms with van der Waals surface area (Å²) in [5.74, 6) is -0.202. The molecule has 1 fully saturated rings. The lowest BCUT2D eigenvalue weighted by molar-refractivity contribution is -0.138. The van der Waals surface area contributed by atoms with E-state index in [1.165, 1.54) is 4.68 Å². The monoisotopic (exact) mass is 366 g/mol. The van der Waals surface area contributed by atoms with Gasteiger partial charge in [-0.2, -0.15) is 5.10 Å². The first-order chi connectivity index (χ1) is 12.0. The van der Waals surface area contributed by atoms with Gasteiger partial charge in [0.15, 0.2) is 0 Å². The molecule has 0 aliphatic carbocycles. The Balaban J connectivity index is 1.60. The number of carbonyl (C=O) groups is 2. The maximum Gasteiger partial charge on any atom is 0.325 e. The summed E-state index contributed by atoms with van der Waals surface area (Å²) in [5, 5.41) is 19.6. The zero-order chi connectivity index (χ0) is 17.8. The van der Waals surface area contributed by atoms with E-state index in [2.05, 4.69) is 20.3 Å². The minimum atomic E-state index is -0.931. The third-order valence-corrected chi connectivity index (χ3v) is 4.48. The molecule has 3 heterocycles. The van der Waals surface area contributed by atoms with Crippen LogP contribution in [0.2, 0.25) is 5.28 Å². The number of aromatic nitrogens is 5. The van der Waals surface area contributed by atoms with Crippen molar-refractivity contribution in [2.45, 2.75) is 38.1 Å². The summed E-state index contributed by atoms with van der Waals surface area (Å²) in [6.45, 7) is 1.11. The average Bonchev–Trinajstić information content (AvgIpc) is 3.21. The van der Waals surface area contributed by atoms with Gasteiger partial charge in [0.25, 0.3) is 0 Å². The number of carboxylic acids is 1. The lowest BCUT2D eigenvalue weighted by Gasteiger charge is -2.33. The van der Waals surface area contributed by atoms with Crippen molar-refractivity contribution in [1.82, 2.24) is 29.9 Å². The van der Waals surface area contributed by atoms with Crippen LogP contribution in [0.1, 0.15) is 36.7 Å². The lowest BCUT2D eigenvalue weighted by atomic mass is 9.94. The predicted octanol–water partition coefficient (Wildman–Crippen LogP) is 1.08. The van der Waals surface area contributed by atoms with E-state index in [4.69, 9.17) is 16.7 Å². The average molecular weight is 367 g/mol. The zero-order valence-electron chi connectivity index (χ0n) is 13.6. The molecule has 0 spiro atoms. The van der Waals surface area contributed by atoms with Crippen LogP contribution in [0.25, 0.3) is 0 Å². The first-order valence-electron chi connectivity index (χ1n) is 8.11. The van der Waals surface area contributed by atoms with Gasteiger partial charge in [-0.3, -0.25) is 19.4 Å². The largest absolute Gasteiger partial charge is 0.480 e. The van der Waals surface area contributed by atoms with Crippen LogP contribution < -0.4 is 0 Å². The highest BCUT2D eigenvalue weighted by Crippen LogP contribution is 2.27. The highest BCUT2D eigenvalue weighted by molar-refractivity contribution is 6.28. The predicted molar refractivity (Wildman–Crippen MR) is 88.1 cm³/mol. The molecule has 2 aromatic heterocycles. The van der Waals surface area contributed by atoms with Gasteiger partial charge < -0.3 is 10.0 Å². The Morgan fingerprint density at radius 2 is 2.28 bits per heavy atom. The van der Waals surface area contributed by atoms with E-state index in [1.807, 2.05) is 11.0 Å². The molecule has 134 valence electrons. The Morgan fingerprint density at radius 1 is 1.44 bits per heavy atom. The van der Waals surface area contributed by atoms with Crippen molar-refractivity contribution < 1.29 is 14.7 Å². The van der Waals surface area contributed by atoms with Gasteiger partial charge >= 0.3 is 5.97 Å². The SMILES string of the molecule is O=C(O)Cn1nccc1[C@@H]1CCCN(C(=O)CCc2nc(Cl)n[nH]2)C1. The molecule has 1 atom stereocenters. The molecule has 1 aliphatic rings. The number of carboxylic acid groups (broad SMARTS) is 1. The first-order valence-corrected chi connectivity index (χ1v) is 8.49. The Morgan fingerprint density at radius 3 is 3.00 bits per heavy atom. The van der Waals surface area contributed by atoms with Crippen molar-refractivity contribution in [3.05, 3.63) is 29.1 Å². The Hall–Kier alpha value is -2.42. The molecule has 1 saturated heterocycles. The van der Waals surface area contributed by atoms with E-state index < -0.39 is 5.97 Å². The van der Waals surface area contributed by atoms with Crippen molar-refractivity contribution >= 4 is 23.5 Å². The number of nitrogens with zero attached hydrogens (tertiary/aromatic N) is 5. The smallest absolute Gasteiger partial charge is 0.325 e. The fraction of sp³-hybridized carbons (Fsp3) is 0.533. The number of aliphatic carboxylic acids is 1. The van der Waals surface area contributed by atoms with E-state index in [-0.39, 0.29) is 23.7 Å². The highest BCUT2D eigenvalue weighted by atomic mass is 35.5. The number of hydrogen-bond acceptors (Lipinski definition) is 5. The van der Waals surface area contributed by atoms with E-state index in [1.54, 1.807) is 6.20 Å². The van der Waals surface area contributed by atoms with Crippen molar-refractivity contribution in [2.75, 3.05) is 13.1 Å². The van der Waals surface area contributed by atoms with Crippen molar-refractivity contribution in [3.8, 4) is 0 Å². The van der Waals surface area contributed by atoms with Gasteiger partial charge in [0.1, 0.15) is 12.4 Å². The van der Waals surface area contributed by atoms with E-state index in [9.17, 15) is 9.59 Å². The van der Waals surface area contributed by atoms with Crippen molar-refractivity contribution in [3.63, 3.8) is 0 Å². The summed E-state index contributed by atoms with van der Waals surface area (Å²) in [6, 6.07) is 1.83. The Bertz CT molecular complexity index is 758. The minimum absolute atomic E-state index is 0.0431. The number of piperidine rings is 1. The number of nitrogens with one attached hydrogen (secondary N) is 1. The number of likely N-dealkylation sites (tertiary alicyclic amines) is 1. The topological polar surface area (TPSA) is 117 Å². The molecule has 10 heteroatoms. The van der Waals surface area contributed by atoms with Gasteiger partial charge in [0, 0.05) is 43.7 Å². The van der Waals surface area contributed by atoms with Crippen LogP contribution in [0, 0.1) is 0 Å². The highest BCUT2D eigenvalue weighted by Gasteiger charge is 2.27. The van der Waals surface area contributed by atoms with E-state index in [0.717, 1.165) is 18.5 Å². The van der Waals surface area contributed by atoms with Gasteiger partial charge in [-0.25, -0.2) is 4.98 Å². The zero-order valence-corrected chi connectivity index (χ0v) is 14.3. The van der Waals surface area contributed by atoms with Crippen LogP contribution in [0.15, 0.2) is 12.3 Å². The fourth-order valence-electron chi connectivity index (χ4n) is 3.16. The normalized spacial score (nSPS) is 17.6. The number of aryl methyl sites for hydroxylation is 1. The minimum Gasteiger partial charge on any atom is -0.480 e. The number of H-pyrrole nitrogens is 1. The van der Waals surface area contributed by atoms with Crippen molar-refractivity contribution in [1.29, 1.82) is 0 Å². The van der Waals surface area contributed by atoms with E-state index in [0.29, 0.717) is 31.8 Å². The second-order valence-corrected chi connectivity index (χ2v) is 6.38. The van der Waals surface area contributed by atoms with Gasteiger partial charge in [-0.1, -0.05) is 0 Å². The van der Waals surface area contributed by atoms with Crippen LogP contribution in [0.3, 0.4) is 0 Å². The van der Waals surface area contributed by atoms with E-state index >= 15 is 0 Å². The summed E-state index contributed by atoms with van der Waals surface area (Å²) < 4.78 is 1.50. The number of rotatable bonds is 6. The molecule has 2 aromatic rings. The number of carbonyl (C=O) groups excluding carboxylic acids is 1. The first kappa shape index (κ1) is 17.4. The number of halogens is 1. The van der Waals surface area contributed by atoms with Gasteiger partial charge in [-0.05, 0) is 30.5 Å². The molecule has 1 amide bonds. The maximum absolute atomic E-state index is 12.5. The number of aromatic amines is 1. The summed E-state index contributed by atoms with van der Waals surface area (Å²) in [7, 11) is 0. The van der Waals surface area contributed by atoms with Gasteiger partial charge in [0.05, 0.1) is 0 Å². The van der Waals surface area contributed by atoms with Gasteiger partial charge in [0.2, 0.25) is 11.2 Å². The van der Waals surface area contributed by atoms with Crippen LogP contribution in [0.5, 0.6) is 0 Å². The fourth-order valence-corrected chi connectivity index (χ4v) is 3.31. The molecule has 1 aliphatic heterocycles. The van der Waals surface area contributed by atoms with Crippen molar-refractivity contribution in [2.24, 2.45) is 0 Å². The molecule has 0 radical (unpaired) electrons. The summed E-state index contributed by atoms with van der Waals surface area (Å²) in [4.78, 5) is 29.2. The molecule has 25 heavy (non-hydrogen) atoms. The molecule has 2 N–H and O–H groups in total. The maximum atomic E-state index is 12.5. The third-order valence-electron chi connectivity index (χ3n) is 4.31. The van der Waals surface area contributed by atoms with Crippen LogP contribution >= 0.6 is 11.6 Å². The summed E-state index contributed by atoms with van der Waals surface area (Å²) in [5.41, 5.74) is 0.863. The second kappa shape index (κ2) is 7.64. The van der Waals surface area contributed by atoms with Gasteiger partial charge in [-0.15, -0.1) is 5.10 Å². The molecule has 0 bridgehead atoms. The Kier molecular flexibility index (Phi) is 5.32. The summed E-state index contributed by atoms with van der Waals surface area (Å²) in [6.07, 6.45) is 4.17. The quantitative estimate of drug-likeness (QED) is 0.790. The van der Waals surface area contributed by atoms with Crippen LogP contribution in [-0.2, 0) is 22.6 Å². The molecule has 9 nitrogen and oxygen atoms in total. The molecule has 3 rings (SSSR count).